The SMILES string of the molecule is CC[C@@]1(C(=O)O)CCCC[C@H]1Cc1nc(C2=CCc3ncc(Cl)cc32)ncc1F.C[C@@]1(C(=O)O)CCCC[C@H]1Cc1nc(C2=CCc3ncc(Cl)cc32)ncc1F. The van der Waals surface area contributed by atoms with Crippen molar-refractivity contribution in [3.8, 4) is 0 Å². The van der Waals surface area contributed by atoms with Crippen molar-refractivity contribution in [3.05, 3.63) is 116 Å². The van der Waals surface area contributed by atoms with Crippen molar-refractivity contribution in [2.24, 2.45) is 22.7 Å². The Kier molecular flexibility index (Phi) is 11.8. The third-order valence-corrected chi connectivity index (χ3v) is 13.0. The topological polar surface area (TPSA) is 152 Å². The molecule has 4 aliphatic carbocycles. The van der Waals surface area contributed by atoms with Gasteiger partial charge in [-0.15, -0.1) is 0 Å². The molecule has 4 aromatic heterocycles. The fraction of sp³-hybridized carbons (Fsp3) is 0.442. The number of pyridine rings is 2. The van der Waals surface area contributed by atoms with Crippen LogP contribution in [0.3, 0.4) is 0 Å². The first-order valence-corrected chi connectivity index (χ1v) is 20.3. The van der Waals surface area contributed by atoms with E-state index in [1.54, 1.807) is 19.3 Å². The summed E-state index contributed by atoms with van der Waals surface area (Å²) >= 11 is 12.2. The lowest BCUT2D eigenvalue weighted by atomic mass is 9.63. The van der Waals surface area contributed by atoms with Gasteiger partial charge in [0.25, 0.3) is 0 Å². The molecule has 0 saturated heterocycles. The highest BCUT2D eigenvalue weighted by atomic mass is 35.5. The van der Waals surface area contributed by atoms with Gasteiger partial charge in [-0.3, -0.25) is 19.6 Å². The average Bonchev–Trinajstić information content (AvgIpc) is 3.81. The van der Waals surface area contributed by atoms with Gasteiger partial charge in [-0.05, 0) is 75.8 Å². The van der Waals surface area contributed by atoms with Gasteiger partial charge >= 0.3 is 11.9 Å². The smallest absolute Gasteiger partial charge is 0.309 e. The number of carboxylic acids is 2. The molecular weight excluding hydrogens is 773 g/mol. The number of rotatable bonds is 9. The van der Waals surface area contributed by atoms with Gasteiger partial charge in [0.2, 0.25) is 0 Å². The van der Waals surface area contributed by atoms with Crippen molar-refractivity contribution in [2.75, 3.05) is 0 Å². The molecule has 0 bridgehead atoms. The molecule has 0 aliphatic heterocycles. The van der Waals surface area contributed by atoms with Crippen LogP contribution in [0.4, 0.5) is 8.78 Å². The molecule has 2 saturated carbocycles. The van der Waals surface area contributed by atoms with Crippen molar-refractivity contribution in [1.82, 2.24) is 29.9 Å². The normalized spacial score (nSPS) is 23.8. The molecule has 57 heavy (non-hydrogen) atoms. The number of aromatic nitrogens is 6. The Balaban J connectivity index is 0.000000174. The highest BCUT2D eigenvalue weighted by Crippen LogP contribution is 2.46. The number of carbonyl (C=O) groups is 2. The summed E-state index contributed by atoms with van der Waals surface area (Å²) in [7, 11) is 0. The second kappa shape index (κ2) is 16.7. The number of halogens is 4. The van der Waals surface area contributed by atoms with E-state index in [0.717, 1.165) is 72.2 Å². The molecule has 4 atom stereocenters. The van der Waals surface area contributed by atoms with Crippen LogP contribution < -0.4 is 0 Å². The summed E-state index contributed by atoms with van der Waals surface area (Å²) in [6.45, 7) is 3.67. The summed E-state index contributed by atoms with van der Waals surface area (Å²) in [5.41, 5.74) is 3.97. The van der Waals surface area contributed by atoms with Crippen molar-refractivity contribution >= 4 is 46.3 Å². The molecule has 2 fully saturated rings. The zero-order valence-corrected chi connectivity index (χ0v) is 33.4. The predicted molar refractivity (Wildman–Crippen MR) is 211 cm³/mol. The number of hydrogen-bond acceptors (Lipinski definition) is 8. The first kappa shape index (κ1) is 40.5. The van der Waals surface area contributed by atoms with Crippen LogP contribution in [-0.2, 0) is 35.3 Å². The molecule has 298 valence electrons. The standard InChI is InChI=1S/C22H23ClFN3O2.C21H21ClFN3O2/c1-2-22(21(28)29)8-4-3-5-13(22)9-19-17(24)12-26-20(27-19)15-6-7-18-16(15)10-14(23)11-25-18;1-21(20(27)28)7-3-2-4-12(21)8-18-16(23)11-25-19(26-18)14-5-6-17-15(14)9-13(22)10-24-17/h6,10-13H,2-5,7-9H2,1H3,(H,28,29);5,9-12H,2-4,6-8H2,1H3,(H,27,28)/t13-,22+;12-,21+/m00/s1. The molecule has 0 aromatic carbocycles. The molecule has 4 aliphatic rings. The first-order valence-electron chi connectivity index (χ1n) is 19.5. The van der Waals surface area contributed by atoms with Crippen LogP contribution >= 0.6 is 23.2 Å². The number of aliphatic carboxylic acids is 2. The molecule has 0 radical (unpaired) electrons. The van der Waals surface area contributed by atoms with Crippen molar-refractivity contribution in [2.45, 2.75) is 97.3 Å². The summed E-state index contributed by atoms with van der Waals surface area (Å²) in [5.74, 6) is -2.03. The summed E-state index contributed by atoms with van der Waals surface area (Å²) < 4.78 is 29.1. The lowest BCUT2D eigenvalue weighted by Gasteiger charge is -2.40. The predicted octanol–water partition coefficient (Wildman–Crippen LogP) is 9.34. The van der Waals surface area contributed by atoms with Crippen LogP contribution in [-0.4, -0.2) is 52.1 Å². The first-order chi connectivity index (χ1) is 27.3. The van der Waals surface area contributed by atoms with Gasteiger partial charge in [0.05, 0.1) is 56.0 Å². The second-order valence-electron chi connectivity index (χ2n) is 15.7. The molecular formula is C43H44Cl2F2N6O4. The fourth-order valence-electron chi connectivity index (χ4n) is 9.11. The van der Waals surface area contributed by atoms with Crippen LogP contribution in [0.2, 0.25) is 10.0 Å². The average molecular weight is 818 g/mol. The minimum Gasteiger partial charge on any atom is -0.481 e. The van der Waals surface area contributed by atoms with E-state index in [1.807, 2.05) is 31.2 Å². The third-order valence-electron chi connectivity index (χ3n) is 12.6. The Morgan fingerprint density at radius 1 is 0.719 bits per heavy atom. The maximum absolute atomic E-state index is 14.6. The van der Waals surface area contributed by atoms with Crippen LogP contribution in [0, 0.1) is 34.3 Å². The Labute approximate surface area is 339 Å². The Morgan fingerprint density at radius 3 is 1.70 bits per heavy atom. The lowest BCUT2D eigenvalue weighted by molar-refractivity contribution is -0.156. The molecule has 10 nitrogen and oxygen atoms in total. The van der Waals surface area contributed by atoms with Gasteiger partial charge in [-0.2, -0.15) is 0 Å². The van der Waals surface area contributed by atoms with Crippen LogP contribution in [0.25, 0.3) is 11.1 Å². The minimum absolute atomic E-state index is 0.142. The number of fused-ring (bicyclic) bond motifs is 2. The van der Waals surface area contributed by atoms with Gasteiger partial charge in [0, 0.05) is 47.5 Å². The van der Waals surface area contributed by atoms with Gasteiger partial charge in [0.15, 0.2) is 23.3 Å². The van der Waals surface area contributed by atoms with Crippen LogP contribution in [0.5, 0.6) is 0 Å². The number of nitrogens with zero attached hydrogens (tertiary/aromatic N) is 6. The second-order valence-corrected chi connectivity index (χ2v) is 16.6. The van der Waals surface area contributed by atoms with E-state index in [2.05, 4.69) is 29.9 Å². The Morgan fingerprint density at radius 2 is 1.21 bits per heavy atom. The van der Waals surface area contributed by atoms with E-state index in [9.17, 15) is 28.6 Å². The van der Waals surface area contributed by atoms with Gasteiger partial charge in [0.1, 0.15) is 0 Å². The lowest BCUT2D eigenvalue weighted by Crippen LogP contribution is -2.42. The van der Waals surface area contributed by atoms with Gasteiger partial charge < -0.3 is 10.2 Å². The third kappa shape index (κ3) is 8.08. The molecule has 4 heterocycles. The van der Waals surface area contributed by atoms with Gasteiger partial charge in [-0.1, -0.05) is 68.0 Å². The largest absolute Gasteiger partial charge is 0.481 e. The fourth-order valence-corrected chi connectivity index (χ4v) is 9.42. The highest BCUT2D eigenvalue weighted by molar-refractivity contribution is 6.31. The van der Waals surface area contributed by atoms with E-state index in [1.165, 1.54) is 12.4 Å². The number of carboxylic acid groups (broad SMARTS) is 2. The molecule has 0 amide bonds. The van der Waals surface area contributed by atoms with Crippen molar-refractivity contribution in [1.29, 1.82) is 0 Å². The number of allylic oxidation sites excluding steroid dienone is 2. The van der Waals surface area contributed by atoms with E-state index >= 15 is 0 Å². The van der Waals surface area contributed by atoms with E-state index in [0.29, 0.717) is 60.2 Å². The van der Waals surface area contributed by atoms with E-state index < -0.39 is 34.4 Å². The molecule has 8 rings (SSSR count). The van der Waals surface area contributed by atoms with Gasteiger partial charge in [-0.25, -0.2) is 28.7 Å². The number of hydrogen-bond donors (Lipinski definition) is 2. The highest BCUT2D eigenvalue weighted by Gasteiger charge is 2.46. The minimum atomic E-state index is -0.855. The molecule has 2 N–H and O–H groups in total. The Bertz CT molecular complexity index is 2290. The zero-order valence-electron chi connectivity index (χ0n) is 31.9. The van der Waals surface area contributed by atoms with E-state index in [4.69, 9.17) is 23.2 Å². The molecule has 4 aromatic rings. The van der Waals surface area contributed by atoms with Crippen molar-refractivity contribution < 1.29 is 28.6 Å². The molecule has 14 heteroatoms. The maximum atomic E-state index is 14.6. The Hall–Kier alpha value is -4.68. The summed E-state index contributed by atoms with van der Waals surface area (Å²) in [5, 5.41) is 20.7. The monoisotopic (exact) mass is 816 g/mol. The van der Waals surface area contributed by atoms with E-state index in [-0.39, 0.29) is 29.6 Å². The quantitative estimate of drug-likeness (QED) is 0.167. The summed E-state index contributed by atoms with van der Waals surface area (Å²) in [6, 6.07) is 3.64. The molecule has 0 spiro atoms. The molecule has 0 unspecified atom stereocenters. The summed E-state index contributed by atoms with van der Waals surface area (Å²) in [4.78, 5) is 50.0. The van der Waals surface area contributed by atoms with Crippen molar-refractivity contribution in [3.63, 3.8) is 0 Å². The zero-order chi connectivity index (χ0) is 40.5. The van der Waals surface area contributed by atoms with Crippen LogP contribution in [0.15, 0.2) is 49.1 Å². The maximum Gasteiger partial charge on any atom is 0.309 e. The summed E-state index contributed by atoms with van der Waals surface area (Å²) in [6.07, 6.45) is 18.4. The van der Waals surface area contributed by atoms with Crippen LogP contribution in [0.1, 0.15) is 117 Å².